The third-order valence-electron chi connectivity index (χ3n) is 2.84. The zero-order valence-corrected chi connectivity index (χ0v) is 11.6. The fourth-order valence-corrected chi connectivity index (χ4v) is 2.09. The molecule has 2 aromatic rings. The van der Waals surface area contributed by atoms with Crippen LogP contribution in [-0.4, -0.2) is 5.91 Å². The van der Waals surface area contributed by atoms with Crippen molar-refractivity contribution in [1.82, 2.24) is 0 Å². The van der Waals surface area contributed by atoms with E-state index in [9.17, 15) is 9.18 Å². The zero-order valence-electron chi connectivity index (χ0n) is 10.9. The molecule has 0 heterocycles. The van der Waals surface area contributed by atoms with Crippen LogP contribution in [0.2, 0.25) is 5.02 Å². The molecule has 3 nitrogen and oxygen atoms in total. The van der Waals surface area contributed by atoms with Crippen molar-refractivity contribution in [2.24, 2.45) is 5.73 Å². The van der Waals surface area contributed by atoms with Crippen LogP contribution < -0.4 is 11.1 Å². The summed E-state index contributed by atoms with van der Waals surface area (Å²) in [6, 6.07) is 10.5. The smallest absolute Gasteiger partial charge is 0.244 e. The molecular formula is C15H14ClFN2O. The number of hydrogen-bond donors (Lipinski definition) is 2. The Morgan fingerprint density at radius 3 is 2.45 bits per heavy atom. The van der Waals surface area contributed by atoms with E-state index >= 15 is 0 Å². The minimum absolute atomic E-state index is 0.369. The van der Waals surface area contributed by atoms with E-state index in [1.807, 2.05) is 0 Å². The first-order chi connectivity index (χ1) is 9.45. The minimum Gasteiger partial charge on any atom is -0.370 e. The number of aryl methyl sites for hydroxylation is 1. The Balaban J connectivity index is 2.30. The maximum absolute atomic E-state index is 13.4. The summed E-state index contributed by atoms with van der Waals surface area (Å²) in [7, 11) is 0. The zero-order chi connectivity index (χ0) is 14.7. The topological polar surface area (TPSA) is 55.1 Å². The summed E-state index contributed by atoms with van der Waals surface area (Å²) in [5.74, 6) is -0.916. The molecule has 1 amide bonds. The van der Waals surface area contributed by atoms with Gasteiger partial charge in [-0.25, -0.2) is 4.39 Å². The normalized spacial score (nSPS) is 11.9. The highest BCUT2D eigenvalue weighted by Crippen LogP contribution is 2.22. The van der Waals surface area contributed by atoms with E-state index in [4.69, 9.17) is 17.3 Å². The lowest BCUT2D eigenvalue weighted by Crippen LogP contribution is -2.27. The lowest BCUT2D eigenvalue weighted by atomic mass is 10.1. The van der Waals surface area contributed by atoms with E-state index in [1.54, 1.807) is 37.3 Å². The van der Waals surface area contributed by atoms with Gasteiger partial charge >= 0.3 is 0 Å². The molecule has 0 fully saturated rings. The highest BCUT2D eigenvalue weighted by Gasteiger charge is 2.17. The molecule has 0 aliphatic carbocycles. The third kappa shape index (κ3) is 3.48. The van der Waals surface area contributed by atoms with E-state index in [2.05, 4.69) is 5.32 Å². The van der Waals surface area contributed by atoms with Crippen LogP contribution in [0.1, 0.15) is 17.2 Å². The number of anilines is 1. The maximum Gasteiger partial charge on any atom is 0.244 e. The van der Waals surface area contributed by atoms with Crippen LogP contribution in [0.25, 0.3) is 0 Å². The predicted octanol–water partition coefficient (Wildman–Crippen LogP) is 3.43. The first-order valence-electron chi connectivity index (χ1n) is 6.04. The van der Waals surface area contributed by atoms with E-state index in [-0.39, 0.29) is 5.82 Å². The van der Waals surface area contributed by atoms with Gasteiger partial charge < -0.3 is 11.1 Å². The number of amides is 1. The van der Waals surface area contributed by atoms with Crippen LogP contribution in [0.3, 0.4) is 0 Å². The van der Waals surface area contributed by atoms with Crippen LogP contribution in [0.4, 0.5) is 10.1 Å². The van der Waals surface area contributed by atoms with Crippen molar-refractivity contribution in [2.75, 3.05) is 5.32 Å². The number of halogens is 2. The molecule has 1 unspecified atom stereocenters. The van der Waals surface area contributed by atoms with E-state index in [0.717, 1.165) is 5.56 Å². The average molecular weight is 293 g/mol. The first-order valence-corrected chi connectivity index (χ1v) is 6.42. The van der Waals surface area contributed by atoms with E-state index < -0.39 is 11.9 Å². The van der Waals surface area contributed by atoms with Crippen molar-refractivity contribution >= 4 is 23.2 Å². The molecule has 0 saturated heterocycles. The van der Waals surface area contributed by atoms with Gasteiger partial charge in [-0.15, -0.1) is 0 Å². The fourth-order valence-electron chi connectivity index (χ4n) is 1.96. The van der Waals surface area contributed by atoms with Crippen LogP contribution in [-0.2, 0) is 4.79 Å². The highest BCUT2D eigenvalue weighted by molar-refractivity contribution is 6.30. The van der Waals surface area contributed by atoms with Gasteiger partial charge in [-0.1, -0.05) is 23.7 Å². The van der Waals surface area contributed by atoms with Crippen molar-refractivity contribution in [3.8, 4) is 0 Å². The Bertz CT molecular complexity index is 608. The molecule has 1 atom stereocenters. The number of benzene rings is 2. The molecule has 0 bridgehead atoms. The number of nitrogens with two attached hydrogens (primary N) is 1. The lowest BCUT2D eigenvalue weighted by Gasteiger charge is -2.17. The summed E-state index contributed by atoms with van der Waals surface area (Å²) >= 11 is 5.81. The lowest BCUT2D eigenvalue weighted by molar-refractivity contribution is -0.118. The maximum atomic E-state index is 13.4. The summed E-state index contributed by atoms with van der Waals surface area (Å²) in [6.45, 7) is 1.77. The molecule has 0 aliphatic rings. The number of nitrogens with one attached hydrogen (secondary N) is 1. The van der Waals surface area contributed by atoms with Gasteiger partial charge in [0, 0.05) is 10.7 Å². The summed E-state index contributed by atoms with van der Waals surface area (Å²) in [5.41, 5.74) is 7.33. The first kappa shape index (κ1) is 14.3. The van der Waals surface area contributed by atoms with E-state index in [0.29, 0.717) is 16.3 Å². The van der Waals surface area contributed by atoms with Crippen molar-refractivity contribution in [3.05, 3.63) is 64.4 Å². The predicted molar refractivity (Wildman–Crippen MR) is 78.1 cm³/mol. The standard InChI is InChI=1S/C15H14ClFN2O/c1-9-6-12(17)8-13(7-9)19-14(15(18)20)10-2-4-11(16)5-3-10/h2-8,14,19H,1H3,(H2,18,20). The van der Waals surface area contributed by atoms with Gasteiger partial charge in [0.15, 0.2) is 0 Å². The Morgan fingerprint density at radius 2 is 1.90 bits per heavy atom. The second kappa shape index (κ2) is 5.92. The molecule has 0 saturated carbocycles. The Morgan fingerprint density at radius 1 is 1.25 bits per heavy atom. The highest BCUT2D eigenvalue weighted by atomic mass is 35.5. The molecule has 0 aliphatic heterocycles. The molecular weight excluding hydrogens is 279 g/mol. The largest absolute Gasteiger partial charge is 0.370 e. The Hall–Kier alpha value is -2.07. The molecule has 2 aromatic carbocycles. The van der Waals surface area contributed by atoms with Gasteiger partial charge in [0.1, 0.15) is 11.9 Å². The van der Waals surface area contributed by atoms with Gasteiger partial charge in [-0.05, 0) is 48.4 Å². The molecule has 0 radical (unpaired) electrons. The number of hydrogen-bond acceptors (Lipinski definition) is 2. The molecule has 5 heteroatoms. The number of rotatable bonds is 4. The van der Waals surface area contributed by atoms with Crippen LogP contribution in [0, 0.1) is 12.7 Å². The van der Waals surface area contributed by atoms with E-state index in [1.165, 1.54) is 12.1 Å². The summed E-state index contributed by atoms with van der Waals surface area (Å²) < 4.78 is 13.4. The average Bonchev–Trinajstić information content (AvgIpc) is 2.36. The summed E-state index contributed by atoms with van der Waals surface area (Å²) in [4.78, 5) is 11.6. The van der Waals surface area contributed by atoms with Crippen LogP contribution in [0.5, 0.6) is 0 Å². The van der Waals surface area contributed by atoms with Crippen LogP contribution >= 0.6 is 11.6 Å². The van der Waals surface area contributed by atoms with Crippen molar-refractivity contribution < 1.29 is 9.18 Å². The van der Waals surface area contributed by atoms with Gasteiger partial charge in [-0.3, -0.25) is 4.79 Å². The molecule has 2 rings (SSSR count). The second-order valence-corrected chi connectivity index (χ2v) is 4.98. The van der Waals surface area contributed by atoms with Crippen molar-refractivity contribution in [2.45, 2.75) is 13.0 Å². The molecule has 20 heavy (non-hydrogen) atoms. The molecule has 0 spiro atoms. The monoisotopic (exact) mass is 292 g/mol. The van der Waals surface area contributed by atoms with Crippen molar-refractivity contribution in [3.63, 3.8) is 0 Å². The minimum atomic E-state index is -0.742. The van der Waals surface area contributed by atoms with Crippen LogP contribution in [0.15, 0.2) is 42.5 Å². The van der Waals surface area contributed by atoms with Crippen molar-refractivity contribution in [1.29, 1.82) is 0 Å². The van der Waals surface area contributed by atoms with Gasteiger partial charge in [-0.2, -0.15) is 0 Å². The van der Waals surface area contributed by atoms with Gasteiger partial charge in [0.2, 0.25) is 5.91 Å². The number of primary amides is 1. The number of carbonyl (C=O) groups is 1. The second-order valence-electron chi connectivity index (χ2n) is 4.55. The summed E-state index contributed by atoms with van der Waals surface area (Å²) in [5, 5.41) is 3.51. The van der Waals surface area contributed by atoms with Gasteiger partial charge in [0.05, 0.1) is 0 Å². The van der Waals surface area contributed by atoms with Gasteiger partial charge in [0.25, 0.3) is 0 Å². The quantitative estimate of drug-likeness (QED) is 0.907. The Kier molecular flexibility index (Phi) is 4.25. The molecule has 104 valence electrons. The third-order valence-corrected chi connectivity index (χ3v) is 3.09. The Labute approximate surface area is 121 Å². The summed E-state index contributed by atoms with van der Waals surface area (Å²) in [6.07, 6.45) is 0. The SMILES string of the molecule is Cc1cc(F)cc(NC(C(N)=O)c2ccc(Cl)cc2)c1. The molecule has 0 aromatic heterocycles. The number of carbonyl (C=O) groups excluding carboxylic acids is 1. The molecule has 3 N–H and O–H groups in total. The fraction of sp³-hybridized carbons (Fsp3) is 0.133.